The third kappa shape index (κ3) is 7.82. The van der Waals surface area contributed by atoms with E-state index in [2.05, 4.69) is 29.1 Å². The number of amides is 1. The fourth-order valence-electron chi connectivity index (χ4n) is 2.50. The molecule has 0 aromatic carbocycles. The highest BCUT2D eigenvalue weighted by molar-refractivity contribution is 5.75. The molecule has 1 aliphatic rings. The summed E-state index contributed by atoms with van der Waals surface area (Å²) in [5.41, 5.74) is 5.51. The number of piperazine rings is 1. The molecule has 0 radical (unpaired) electrons. The van der Waals surface area contributed by atoms with Crippen LogP contribution >= 0.6 is 0 Å². The van der Waals surface area contributed by atoms with E-state index in [9.17, 15) is 4.79 Å². The second kappa shape index (κ2) is 10.1. The second-order valence-corrected chi connectivity index (χ2v) is 6.07. The van der Waals surface area contributed by atoms with Crippen LogP contribution in [-0.2, 0) is 4.79 Å². The van der Waals surface area contributed by atoms with E-state index in [1.165, 1.54) is 0 Å². The van der Waals surface area contributed by atoms with Crippen LogP contribution in [0.25, 0.3) is 0 Å². The van der Waals surface area contributed by atoms with Gasteiger partial charge < -0.3 is 20.9 Å². The summed E-state index contributed by atoms with van der Waals surface area (Å²) in [7, 11) is 2.17. The number of likely N-dealkylation sites (N-methyl/N-ethyl adjacent to an activating group) is 1. The van der Waals surface area contributed by atoms with E-state index in [0.717, 1.165) is 58.5 Å². The molecule has 1 amide bonds. The molecule has 5 heteroatoms. The fourth-order valence-corrected chi connectivity index (χ4v) is 2.50. The fraction of sp³-hybridized carbons (Fsp3) is 0.933. The summed E-state index contributed by atoms with van der Waals surface area (Å²) >= 11 is 0. The van der Waals surface area contributed by atoms with Crippen LogP contribution < -0.4 is 11.1 Å². The molecule has 20 heavy (non-hydrogen) atoms. The largest absolute Gasteiger partial charge is 0.356 e. The number of nitrogens with two attached hydrogens (primary N) is 1. The Bertz CT molecular complexity index is 265. The Morgan fingerprint density at radius 1 is 1.25 bits per heavy atom. The lowest BCUT2D eigenvalue weighted by Gasteiger charge is -2.32. The molecule has 0 aromatic rings. The lowest BCUT2D eigenvalue weighted by Crippen LogP contribution is -2.45. The van der Waals surface area contributed by atoms with Gasteiger partial charge in [0.1, 0.15) is 0 Å². The van der Waals surface area contributed by atoms with Crippen molar-refractivity contribution < 1.29 is 4.79 Å². The van der Waals surface area contributed by atoms with Gasteiger partial charge in [-0.25, -0.2) is 0 Å². The monoisotopic (exact) mass is 284 g/mol. The Labute approximate surface area is 123 Å². The molecule has 1 unspecified atom stereocenters. The minimum atomic E-state index is 0.187. The van der Waals surface area contributed by atoms with Gasteiger partial charge in [0, 0.05) is 39.1 Å². The van der Waals surface area contributed by atoms with Crippen LogP contribution in [0.2, 0.25) is 0 Å². The molecule has 1 fully saturated rings. The molecule has 0 saturated carbocycles. The SMILES string of the molecule is CC(CCN)CCC(=O)NCCCN1CCN(C)CC1. The maximum atomic E-state index is 11.7. The van der Waals surface area contributed by atoms with E-state index >= 15 is 0 Å². The summed E-state index contributed by atoms with van der Waals surface area (Å²) in [6, 6.07) is 0. The number of nitrogens with zero attached hydrogens (tertiary/aromatic N) is 2. The van der Waals surface area contributed by atoms with Crippen LogP contribution in [-0.4, -0.2) is 68.6 Å². The van der Waals surface area contributed by atoms with Crippen molar-refractivity contribution in [3.8, 4) is 0 Å². The first kappa shape index (κ1) is 17.4. The molecule has 5 nitrogen and oxygen atoms in total. The highest BCUT2D eigenvalue weighted by Gasteiger charge is 2.13. The molecule has 1 atom stereocenters. The van der Waals surface area contributed by atoms with Crippen molar-refractivity contribution in [2.45, 2.75) is 32.6 Å². The maximum absolute atomic E-state index is 11.7. The Morgan fingerprint density at radius 2 is 1.95 bits per heavy atom. The average molecular weight is 284 g/mol. The minimum Gasteiger partial charge on any atom is -0.356 e. The molecule has 0 bridgehead atoms. The number of nitrogens with one attached hydrogen (secondary N) is 1. The van der Waals surface area contributed by atoms with Crippen LogP contribution in [0.1, 0.15) is 32.6 Å². The third-order valence-electron chi connectivity index (χ3n) is 4.09. The molecule has 118 valence electrons. The maximum Gasteiger partial charge on any atom is 0.220 e. The number of hydrogen-bond acceptors (Lipinski definition) is 4. The van der Waals surface area contributed by atoms with Gasteiger partial charge in [0.25, 0.3) is 0 Å². The number of carbonyl (C=O) groups excluding carboxylic acids is 1. The van der Waals surface area contributed by atoms with Crippen LogP contribution in [0.15, 0.2) is 0 Å². The number of hydrogen-bond donors (Lipinski definition) is 2. The summed E-state index contributed by atoms with van der Waals surface area (Å²) in [5, 5.41) is 3.02. The molecular weight excluding hydrogens is 252 g/mol. The highest BCUT2D eigenvalue weighted by atomic mass is 16.1. The van der Waals surface area contributed by atoms with Gasteiger partial charge in [-0.05, 0) is 45.3 Å². The Kier molecular flexibility index (Phi) is 8.82. The minimum absolute atomic E-state index is 0.187. The zero-order valence-electron chi connectivity index (χ0n) is 13.2. The molecule has 3 N–H and O–H groups in total. The molecule has 0 aliphatic carbocycles. The van der Waals surface area contributed by atoms with Crippen molar-refractivity contribution in [1.29, 1.82) is 0 Å². The molecule has 0 aromatic heterocycles. The third-order valence-corrected chi connectivity index (χ3v) is 4.09. The van der Waals surface area contributed by atoms with E-state index in [-0.39, 0.29) is 5.91 Å². The standard InChI is InChI=1S/C15H32N4O/c1-14(6-7-16)4-5-15(20)17-8-3-9-19-12-10-18(2)11-13-19/h14H,3-13,16H2,1-2H3,(H,17,20). The van der Waals surface area contributed by atoms with Crippen LogP contribution in [0.3, 0.4) is 0 Å². The Hall–Kier alpha value is -0.650. The van der Waals surface area contributed by atoms with Crippen LogP contribution in [0.4, 0.5) is 0 Å². The first-order valence-corrected chi connectivity index (χ1v) is 7.99. The molecule has 1 heterocycles. The van der Waals surface area contributed by atoms with Crippen molar-refractivity contribution >= 4 is 5.91 Å². The van der Waals surface area contributed by atoms with Gasteiger partial charge in [-0.2, -0.15) is 0 Å². The molecule has 1 aliphatic heterocycles. The average Bonchev–Trinajstić information content (AvgIpc) is 2.43. The van der Waals surface area contributed by atoms with Crippen molar-refractivity contribution in [3.05, 3.63) is 0 Å². The summed E-state index contributed by atoms with van der Waals surface area (Å²) in [6.07, 6.45) is 3.64. The van der Waals surface area contributed by atoms with Crippen molar-refractivity contribution in [2.75, 3.05) is 52.9 Å². The van der Waals surface area contributed by atoms with Gasteiger partial charge in [0.2, 0.25) is 5.91 Å². The normalized spacial score (nSPS) is 18.9. The zero-order valence-corrected chi connectivity index (χ0v) is 13.2. The molecule has 0 spiro atoms. The smallest absolute Gasteiger partial charge is 0.220 e. The predicted molar refractivity (Wildman–Crippen MR) is 83.6 cm³/mol. The first-order valence-electron chi connectivity index (χ1n) is 7.99. The summed E-state index contributed by atoms with van der Waals surface area (Å²) in [5.74, 6) is 0.739. The number of rotatable bonds is 9. The van der Waals surface area contributed by atoms with E-state index in [1.54, 1.807) is 0 Å². The van der Waals surface area contributed by atoms with E-state index < -0.39 is 0 Å². The first-order chi connectivity index (χ1) is 9.61. The van der Waals surface area contributed by atoms with Gasteiger partial charge >= 0.3 is 0 Å². The topological polar surface area (TPSA) is 61.6 Å². The van der Waals surface area contributed by atoms with Gasteiger partial charge in [0.05, 0.1) is 0 Å². The summed E-state index contributed by atoms with van der Waals surface area (Å²) < 4.78 is 0. The van der Waals surface area contributed by atoms with E-state index in [4.69, 9.17) is 5.73 Å². The van der Waals surface area contributed by atoms with Crippen molar-refractivity contribution in [1.82, 2.24) is 15.1 Å². The molecular formula is C15H32N4O. The lowest BCUT2D eigenvalue weighted by atomic mass is 10.0. The Morgan fingerprint density at radius 3 is 2.60 bits per heavy atom. The van der Waals surface area contributed by atoms with Gasteiger partial charge in [-0.3, -0.25) is 4.79 Å². The quantitative estimate of drug-likeness (QED) is 0.606. The van der Waals surface area contributed by atoms with Crippen molar-refractivity contribution in [3.63, 3.8) is 0 Å². The summed E-state index contributed by atoms with van der Waals surface area (Å²) in [4.78, 5) is 16.5. The van der Waals surface area contributed by atoms with E-state index in [1.807, 2.05) is 0 Å². The zero-order chi connectivity index (χ0) is 14.8. The van der Waals surface area contributed by atoms with E-state index in [0.29, 0.717) is 18.9 Å². The van der Waals surface area contributed by atoms with Gasteiger partial charge in [-0.15, -0.1) is 0 Å². The second-order valence-electron chi connectivity index (χ2n) is 6.07. The van der Waals surface area contributed by atoms with Crippen LogP contribution in [0.5, 0.6) is 0 Å². The van der Waals surface area contributed by atoms with Crippen LogP contribution in [0, 0.1) is 5.92 Å². The molecule has 1 saturated heterocycles. The Balaban J connectivity index is 1.96. The summed E-state index contributed by atoms with van der Waals surface area (Å²) in [6.45, 7) is 9.40. The number of carbonyl (C=O) groups is 1. The lowest BCUT2D eigenvalue weighted by molar-refractivity contribution is -0.121. The van der Waals surface area contributed by atoms with Crippen molar-refractivity contribution in [2.24, 2.45) is 11.7 Å². The highest BCUT2D eigenvalue weighted by Crippen LogP contribution is 2.08. The predicted octanol–water partition coefficient (Wildman–Crippen LogP) is 0.505. The van der Waals surface area contributed by atoms with Gasteiger partial charge in [0.15, 0.2) is 0 Å². The van der Waals surface area contributed by atoms with Gasteiger partial charge in [-0.1, -0.05) is 6.92 Å². The molecule has 1 rings (SSSR count).